The number of methoxy groups -OCH3 is 2. The Morgan fingerprint density at radius 3 is 2.36 bits per heavy atom. The molecule has 0 saturated heterocycles. The standard InChI is InChI=1S/C20H17N3O5/c1-26-16-8-11-7-14(21-10-12(11)9-17(16)27-2)20-19(23-25)18(22-24)13-5-3-4-6-15(13)28-20/h3-10,20,24-25H,1-2H3. The number of fused-ring (bicyclic) bond motifs is 2. The Balaban J connectivity index is 1.85. The molecule has 3 aromatic rings. The first-order valence-corrected chi connectivity index (χ1v) is 8.42. The fraction of sp³-hybridized carbons (Fsp3) is 0.150. The summed E-state index contributed by atoms with van der Waals surface area (Å²) in [6, 6.07) is 12.5. The number of hydrogen-bond acceptors (Lipinski definition) is 8. The number of rotatable bonds is 3. The van der Waals surface area contributed by atoms with E-state index < -0.39 is 6.10 Å². The summed E-state index contributed by atoms with van der Waals surface area (Å²) in [5.41, 5.74) is 1.21. The van der Waals surface area contributed by atoms with E-state index in [0.717, 1.165) is 10.8 Å². The highest BCUT2D eigenvalue weighted by atomic mass is 16.5. The normalized spacial score (nSPS) is 18.7. The van der Waals surface area contributed by atoms with Crippen LogP contribution in [0.5, 0.6) is 17.2 Å². The van der Waals surface area contributed by atoms with Crippen LogP contribution in [0.1, 0.15) is 17.4 Å². The van der Waals surface area contributed by atoms with Gasteiger partial charge in [0.1, 0.15) is 11.5 Å². The number of nitrogens with zero attached hydrogens (tertiary/aromatic N) is 3. The highest BCUT2D eigenvalue weighted by molar-refractivity contribution is 6.50. The molecule has 28 heavy (non-hydrogen) atoms. The number of ether oxygens (including phenoxy) is 3. The molecule has 1 aliphatic rings. The van der Waals surface area contributed by atoms with E-state index in [0.29, 0.717) is 28.5 Å². The van der Waals surface area contributed by atoms with Gasteiger partial charge in [-0.25, -0.2) is 0 Å². The van der Waals surface area contributed by atoms with Gasteiger partial charge in [0.05, 0.1) is 19.9 Å². The van der Waals surface area contributed by atoms with Crippen molar-refractivity contribution in [1.29, 1.82) is 0 Å². The van der Waals surface area contributed by atoms with Gasteiger partial charge in [0.15, 0.2) is 23.3 Å². The number of pyridine rings is 1. The molecule has 0 spiro atoms. The summed E-state index contributed by atoms with van der Waals surface area (Å²) in [5, 5.41) is 27.4. The second-order valence-electron chi connectivity index (χ2n) is 6.09. The molecule has 0 fully saturated rings. The molecule has 4 rings (SSSR count). The van der Waals surface area contributed by atoms with E-state index >= 15 is 0 Å². The third-order valence-corrected chi connectivity index (χ3v) is 4.60. The van der Waals surface area contributed by atoms with Crippen molar-refractivity contribution in [2.75, 3.05) is 14.2 Å². The van der Waals surface area contributed by atoms with Crippen LogP contribution < -0.4 is 14.2 Å². The lowest BCUT2D eigenvalue weighted by atomic mass is 9.95. The van der Waals surface area contributed by atoms with Gasteiger partial charge in [0, 0.05) is 17.1 Å². The zero-order valence-corrected chi connectivity index (χ0v) is 15.2. The van der Waals surface area contributed by atoms with Crippen molar-refractivity contribution >= 4 is 22.2 Å². The van der Waals surface area contributed by atoms with E-state index in [1.54, 1.807) is 50.7 Å². The van der Waals surface area contributed by atoms with Gasteiger partial charge in [0.2, 0.25) is 0 Å². The van der Waals surface area contributed by atoms with Gasteiger partial charge in [-0.05, 0) is 35.7 Å². The maximum Gasteiger partial charge on any atom is 0.188 e. The lowest BCUT2D eigenvalue weighted by Crippen LogP contribution is -2.33. The van der Waals surface area contributed by atoms with Crippen LogP contribution in [0, 0.1) is 0 Å². The first-order valence-electron chi connectivity index (χ1n) is 8.42. The van der Waals surface area contributed by atoms with Crippen molar-refractivity contribution in [1.82, 2.24) is 4.98 Å². The van der Waals surface area contributed by atoms with E-state index in [9.17, 15) is 10.4 Å². The number of benzene rings is 2. The van der Waals surface area contributed by atoms with Crippen molar-refractivity contribution in [3.63, 3.8) is 0 Å². The molecule has 0 amide bonds. The van der Waals surface area contributed by atoms with Gasteiger partial charge in [-0.3, -0.25) is 4.98 Å². The quantitative estimate of drug-likeness (QED) is 0.534. The smallest absolute Gasteiger partial charge is 0.188 e. The van der Waals surface area contributed by atoms with Gasteiger partial charge in [0.25, 0.3) is 0 Å². The molecule has 8 nitrogen and oxygen atoms in total. The maximum absolute atomic E-state index is 9.57. The molecule has 8 heteroatoms. The summed E-state index contributed by atoms with van der Waals surface area (Å²) in [5.74, 6) is 1.68. The second-order valence-corrected chi connectivity index (χ2v) is 6.09. The Hall–Kier alpha value is -3.81. The summed E-state index contributed by atoms with van der Waals surface area (Å²) >= 11 is 0. The van der Waals surface area contributed by atoms with Gasteiger partial charge in [-0.15, -0.1) is 0 Å². The van der Waals surface area contributed by atoms with Crippen LogP contribution in [0.3, 0.4) is 0 Å². The lowest BCUT2D eigenvalue weighted by Gasteiger charge is -2.27. The minimum atomic E-state index is -0.844. The SMILES string of the molecule is COc1cc2cnc(C3Oc4ccccc4C(=NO)C3=NO)cc2cc1OC. The molecular formula is C20H17N3O5. The van der Waals surface area contributed by atoms with Gasteiger partial charge in [-0.2, -0.15) is 0 Å². The molecular weight excluding hydrogens is 362 g/mol. The first kappa shape index (κ1) is 17.6. The zero-order valence-electron chi connectivity index (χ0n) is 15.2. The highest BCUT2D eigenvalue weighted by Crippen LogP contribution is 2.36. The van der Waals surface area contributed by atoms with Crippen LogP contribution in [0.4, 0.5) is 0 Å². The number of hydrogen-bond donors (Lipinski definition) is 2. The maximum atomic E-state index is 9.57. The minimum absolute atomic E-state index is 0.0635. The molecule has 1 unspecified atom stereocenters. The van der Waals surface area contributed by atoms with E-state index in [1.165, 1.54) is 0 Å². The Bertz CT molecular complexity index is 1110. The molecule has 142 valence electrons. The Kier molecular flexibility index (Phi) is 4.44. The van der Waals surface area contributed by atoms with Crippen molar-refractivity contribution in [2.45, 2.75) is 6.10 Å². The van der Waals surface area contributed by atoms with Crippen molar-refractivity contribution in [3.05, 3.63) is 59.9 Å². The molecule has 2 N–H and O–H groups in total. The monoisotopic (exact) mass is 379 g/mol. The first-order chi connectivity index (χ1) is 13.7. The Morgan fingerprint density at radius 2 is 1.68 bits per heavy atom. The summed E-state index contributed by atoms with van der Waals surface area (Å²) in [6.45, 7) is 0. The fourth-order valence-electron chi connectivity index (χ4n) is 3.25. The van der Waals surface area contributed by atoms with E-state index in [4.69, 9.17) is 14.2 Å². The van der Waals surface area contributed by atoms with Crippen molar-refractivity contribution in [2.24, 2.45) is 10.3 Å². The highest BCUT2D eigenvalue weighted by Gasteiger charge is 2.35. The molecule has 0 bridgehead atoms. The van der Waals surface area contributed by atoms with E-state index in [-0.39, 0.29) is 11.4 Å². The third kappa shape index (κ3) is 2.75. The Morgan fingerprint density at radius 1 is 0.964 bits per heavy atom. The van der Waals surface area contributed by atoms with Gasteiger partial charge < -0.3 is 24.6 Å². The summed E-state index contributed by atoms with van der Waals surface area (Å²) < 4.78 is 16.7. The summed E-state index contributed by atoms with van der Waals surface area (Å²) in [4.78, 5) is 4.45. The van der Waals surface area contributed by atoms with Crippen LogP contribution >= 0.6 is 0 Å². The average molecular weight is 379 g/mol. The molecule has 2 aromatic carbocycles. The van der Waals surface area contributed by atoms with Crippen molar-refractivity contribution < 1.29 is 24.6 Å². The molecule has 1 atom stereocenters. The number of para-hydroxylation sites is 1. The Labute approximate surface area is 160 Å². The second kappa shape index (κ2) is 7.07. The topological polar surface area (TPSA) is 106 Å². The van der Waals surface area contributed by atoms with Crippen molar-refractivity contribution in [3.8, 4) is 17.2 Å². The van der Waals surface area contributed by atoms with Crippen LogP contribution in [0.15, 0.2) is 59.0 Å². The van der Waals surface area contributed by atoms with E-state index in [1.807, 2.05) is 12.1 Å². The predicted octanol–water partition coefficient (Wildman–Crippen LogP) is 3.39. The number of oxime groups is 2. The van der Waals surface area contributed by atoms with E-state index in [2.05, 4.69) is 15.3 Å². The average Bonchev–Trinajstić information content (AvgIpc) is 2.76. The van der Waals surface area contributed by atoms with Crippen LogP contribution in [-0.2, 0) is 0 Å². The molecule has 1 aliphatic heterocycles. The summed E-state index contributed by atoms with van der Waals surface area (Å²) in [7, 11) is 3.13. The lowest BCUT2D eigenvalue weighted by molar-refractivity contribution is 0.249. The van der Waals surface area contributed by atoms with Crippen LogP contribution in [-0.4, -0.2) is 41.0 Å². The third-order valence-electron chi connectivity index (χ3n) is 4.60. The minimum Gasteiger partial charge on any atom is -0.493 e. The molecule has 0 radical (unpaired) electrons. The predicted molar refractivity (Wildman–Crippen MR) is 102 cm³/mol. The molecule has 1 aromatic heterocycles. The molecule has 0 aliphatic carbocycles. The van der Waals surface area contributed by atoms with Gasteiger partial charge >= 0.3 is 0 Å². The number of aromatic nitrogens is 1. The van der Waals surface area contributed by atoms with Gasteiger partial charge in [-0.1, -0.05) is 22.4 Å². The van der Waals surface area contributed by atoms with Crippen LogP contribution in [0.25, 0.3) is 10.8 Å². The zero-order chi connectivity index (χ0) is 19.7. The molecule has 0 saturated carbocycles. The fourth-order valence-corrected chi connectivity index (χ4v) is 3.25. The molecule has 2 heterocycles. The summed E-state index contributed by atoms with van der Waals surface area (Å²) in [6.07, 6.45) is 0.824. The largest absolute Gasteiger partial charge is 0.493 e. The van der Waals surface area contributed by atoms with Crippen LogP contribution in [0.2, 0.25) is 0 Å².